The number of hydrogen-bond acceptors (Lipinski definition) is 10. The molecule has 1 aromatic heterocycles. The van der Waals surface area contributed by atoms with E-state index >= 15 is 0 Å². The summed E-state index contributed by atoms with van der Waals surface area (Å²) in [6.45, 7) is 1.15. The highest BCUT2D eigenvalue weighted by molar-refractivity contribution is 8.04. The molecule has 0 aromatic carbocycles. The van der Waals surface area contributed by atoms with Gasteiger partial charge in [0.25, 0.3) is 5.91 Å². The highest BCUT2D eigenvalue weighted by Crippen LogP contribution is 2.30. The number of carbonyl (C=O) groups excluding carboxylic acids is 3. The Balaban J connectivity index is 1.82. The SMILES string of the molecule is CNOCNCOCCCSC1=CC(=O)c2onc(C(=O)NC)c2C1=O. The van der Waals surface area contributed by atoms with E-state index in [0.29, 0.717) is 32.2 Å². The maximum Gasteiger partial charge on any atom is 0.274 e. The first-order valence-electron chi connectivity index (χ1n) is 7.82. The highest BCUT2D eigenvalue weighted by Gasteiger charge is 2.35. The molecule has 0 unspecified atom stereocenters. The number of amides is 1. The Morgan fingerprint density at radius 1 is 1.31 bits per heavy atom. The molecule has 1 aromatic rings. The molecular weight excluding hydrogens is 364 g/mol. The Labute approximate surface area is 154 Å². The van der Waals surface area contributed by atoms with Gasteiger partial charge in [-0.1, -0.05) is 5.16 Å². The first kappa shape index (κ1) is 20.3. The zero-order chi connectivity index (χ0) is 18.9. The van der Waals surface area contributed by atoms with Crippen LogP contribution in [0.15, 0.2) is 15.5 Å². The summed E-state index contributed by atoms with van der Waals surface area (Å²) in [5.74, 6) is -1.11. The van der Waals surface area contributed by atoms with Crippen molar-refractivity contribution in [2.75, 3.05) is 39.9 Å². The minimum Gasteiger partial charge on any atom is -0.366 e. The Hall–Kier alpha value is -2.05. The summed E-state index contributed by atoms with van der Waals surface area (Å²) in [6.07, 6.45) is 1.89. The standard InChI is InChI=1S/C15H20N4O6S/c1-16-15(22)12-11-13(21)10(6-9(20)14(11)25-19-12)26-5-3-4-23-7-18-8-24-17-2/h6,17-18H,3-5,7-8H2,1-2H3,(H,16,22). The van der Waals surface area contributed by atoms with E-state index < -0.39 is 17.5 Å². The maximum atomic E-state index is 12.5. The van der Waals surface area contributed by atoms with Crippen molar-refractivity contribution in [1.29, 1.82) is 0 Å². The molecule has 3 N–H and O–H groups in total. The third kappa shape index (κ3) is 4.99. The molecule has 0 saturated heterocycles. The molecule has 1 heterocycles. The molecule has 1 aliphatic carbocycles. The van der Waals surface area contributed by atoms with E-state index in [4.69, 9.17) is 14.1 Å². The summed E-state index contributed by atoms with van der Waals surface area (Å²) < 4.78 is 10.2. The van der Waals surface area contributed by atoms with Crippen molar-refractivity contribution in [3.63, 3.8) is 0 Å². The third-order valence-electron chi connectivity index (χ3n) is 3.28. The average molecular weight is 384 g/mol. The number of nitrogens with one attached hydrogen (secondary N) is 3. The third-order valence-corrected chi connectivity index (χ3v) is 4.39. The first-order chi connectivity index (χ1) is 12.6. The number of Topliss-reactive ketones (excluding diaryl/α,β-unsaturated/α-hetero) is 1. The van der Waals surface area contributed by atoms with Crippen LogP contribution >= 0.6 is 11.8 Å². The number of ether oxygens (including phenoxy) is 1. The molecule has 0 bridgehead atoms. The van der Waals surface area contributed by atoms with Gasteiger partial charge in [-0.15, -0.1) is 11.8 Å². The van der Waals surface area contributed by atoms with Crippen LogP contribution in [0.1, 0.15) is 37.8 Å². The lowest BCUT2D eigenvalue weighted by molar-refractivity contribution is 0.0167. The van der Waals surface area contributed by atoms with Crippen LogP contribution in [0.4, 0.5) is 0 Å². The Morgan fingerprint density at radius 3 is 2.85 bits per heavy atom. The molecular formula is C15H20N4O6S. The summed E-state index contributed by atoms with van der Waals surface area (Å²) in [5, 5.41) is 8.80. The van der Waals surface area contributed by atoms with E-state index in [2.05, 4.69) is 21.3 Å². The molecule has 142 valence electrons. The molecule has 0 saturated carbocycles. The van der Waals surface area contributed by atoms with E-state index in [1.165, 1.54) is 24.9 Å². The van der Waals surface area contributed by atoms with Gasteiger partial charge in [0, 0.05) is 32.5 Å². The molecule has 10 nitrogen and oxygen atoms in total. The topological polar surface area (TPSA) is 132 Å². The molecule has 0 spiro atoms. The van der Waals surface area contributed by atoms with Gasteiger partial charge < -0.3 is 14.6 Å². The monoisotopic (exact) mass is 384 g/mol. The zero-order valence-electron chi connectivity index (χ0n) is 14.4. The molecule has 1 amide bonds. The van der Waals surface area contributed by atoms with E-state index in [1.54, 1.807) is 7.05 Å². The molecule has 26 heavy (non-hydrogen) atoms. The van der Waals surface area contributed by atoms with Crippen molar-refractivity contribution >= 4 is 29.2 Å². The number of allylic oxidation sites excluding steroid dienone is 2. The minimum atomic E-state index is -0.578. The lowest BCUT2D eigenvalue weighted by Gasteiger charge is -2.11. The van der Waals surface area contributed by atoms with E-state index in [9.17, 15) is 14.4 Å². The van der Waals surface area contributed by atoms with Crippen molar-refractivity contribution < 1.29 is 28.5 Å². The second-order valence-electron chi connectivity index (χ2n) is 5.01. The zero-order valence-corrected chi connectivity index (χ0v) is 15.2. The summed E-state index contributed by atoms with van der Waals surface area (Å²) in [7, 11) is 3.07. The number of carbonyl (C=O) groups is 3. The van der Waals surface area contributed by atoms with Crippen LogP contribution in [-0.4, -0.2) is 62.5 Å². The summed E-state index contributed by atoms with van der Waals surface area (Å²) in [6, 6.07) is 0. The van der Waals surface area contributed by atoms with Gasteiger partial charge in [-0.05, 0) is 6.42 Å². The van der Waals surface area contributed by atoms with Crippen molar-refractivity contribution in [2.45, 2.75) is 6.42 Å². The molecule has 0 fully saturated rings. The fourth-order valence-corrected chi connectivity index (χ4v) is 2.98. The van der Waals surface area contributed by atoms with Gasteiger partial charge >= 0.3 is 0 Å². The van der Waals surface area contributed by atoms with Gasteiger partial charge in [-0.3, -0.25) is 24.5 Å². The molecule has 11 heteroatoms. The number of fused-ring (bicyclic) bond motifs is 1. The largest absolute Gasteiger partial charge is 0.366 e. The Kier molecular flexibility index (Phi) is 7.94. The number of hydrogen-bond donors (Lipinski definition) is 3. The number of hydroxylamine groups is 1. The number of ketones is 2. The predicted molar refractivity (Wildman–Crippen MR) is 92.7 cm³/mol. The second-order valence-corrected chi connectivity index (χ2v) is 6.15. The predicted octanol–water partition coefficient (Wildman–Crippen LogP) is 0.0926. The fourth-order valence-electron chi connectivity index (χ4n) is 2.08. The van der Waals surface area contributed by atoms with Crippen LogP contribution in [0.2, 0.25) is 0 Å². The summed E-state index contributed by atoms with van der Waals surface area (Å²) >= 11 is 1.23. The highest BCUT2D eigenvalue weighted by atomic mass is 32.2. The Bertz CT molecular complexity index is 702. The molecule has 1 aliphatic rings. The van der Waals surface area contributed by atoms with Crippen LogP contribution in [0.25, 0.3) is 0 Å². The summed E-state index contributed by atoms with van der Waals surface area (Å²) in [4.78, 5) is 41.5. The van der Waals surface area contributed by atoms with Gasteiger partial charge in [0.05, 0.1) is 11.6 Å². The minimum absolute atomic E-state index is 0.0793. The van der Waals surface area contributed by atoms with Crippen LogP contribution < -0.4 is 16.1 Å². The van der Waals surface area contributed by atoms with Gasteiger partial charge in [0.1, 0.15) is 12.3 Å². The van der Waals surface area contributed by atoms with Crippen LogP contribution in [0.5, 0.6) is 0 Å². The normalized spacial score (nSPS) is 13.5. The van der Waals surface area contributed by atoms with Crippen LogP contribution in [-0.2, 0) is 9.57 Å². The van der Waals surface area contributed by atoms with Crippen molar-refractivity contribution in [1.82, 2.24) is 21.3 Å². The smallest absolute Gasteiger partial charge is 0.274 e. The number of rotatable bonds is 11. The lowest BCUT2D eigenvalue weighted by Crippen LogP contribution is -2.25. The number of aromatic nitrogens is 1. The van der Waals surface area contributed by atoms with Gasteiger partial charge in [0.15, 0.2) is 5.69 Å². The number of thioether (sulfide) groups is 1. The molecule has 2 rings (SSSR count). The Morgan fingerprint density at radius 2 is 2.12 bits per heavy atom. The van der Waals surface area contributed by atoms with Crippen LogP contribution in [0.3, 0.4) is 0 Å². The number of nitrogens with zero attached hydrogens (tertiary/aromatic N) is 1. The maximum absolute atomic E-state index is 12.5. The average Bonchev–Trinajstić information content (AvgIpc) is 3.09. The molecule has 0 aliphatic heterocycles. The molecule has 0 atom stereocenters. The lowest BCUT2D eigenvalue weighted by atomic mass is 10.00. The van der Waals surface area contributed by atoms with E-state index in [-0.39, 0.29) is 21.9 Å². The second kappa shape index (κ2) is 10.2. The van der Waals surface area contributed by atoms with Crippen molar-refractivity contribution in [2.24, 2.45) is 0 Å². The molecule has 0 radical (unpaired) electrons. The van der Waals surface area contributed by atoms with E-state index in [1.807, 2.05) is 0 Å². The van der Waals surface area contributed by atoms with Gasteiger partial charge in [-0.2, -0.15) is 0 Å². The van der Waals surface area contributed by atoms with Crippen molar-refractivity contribution in [3.05, 3.63) is 28.0 Å². The van der Waals surface area contributed by atoms with Gasteiger partial charge in [0.2, 0.25) is 17.3 Å². The summed E-state index contributed by atoms with van der Waals surface area (Å²) in [5.41, 5.74) is 2.26. The van der Waals surface area contributed by atoms with Crippen LogP contribution in [0, 0.1) is 0 Å². The van der Waals surface area contributed by atoms with Crippen molar-refractivity contribution in [3.8, 4) is 0 Å². The quantitative estimate of drug-likeness (QED) is 0.274. The fraction of sp³-hybridized carbons (Fsp3) is 0.467. The first-order valence-corrected chi connectivity index (χ1v) is 8.81. The van der Waals surface area contributed by atoms with Gasteiger partial charge in [-0.25, -0.2) is 5.48 Å². The van der Waals surface area contributed by atoms with E-state index in [0.717, 1.165) is 0 Å².